The average molecular weight is 275 g/mol. The van der Waals surface area contributed by atoms with Gasteiger partial charge < -0.3 is 14.4 Å². The lowest BCUT2D eigenvalue weighted by Crippen LogP contribution is -2.52. The first-order chi connectivity index (χ1) is 9.72. The summed E-state index contributed by atoms with van der Waals surface area (Å²) >= 11 is 0. The molecule has 2 atom stereocenters. The minimum Gasteiger partial charge on any atom is -0.493 e. The Morgan fingerprint density at radius 1 is 1.05 bits per heavy atom. The molecule has 4 heteroatoms. The van der Waals surface area contributed by atoms with Crippen molar-refractivity contribution in [2.24, 2.45) is 0 Å². The summed E-state index contributed by atoms with van der Waals surface area (Å²) < 4.78 is 10.7. The molecular weight excluding hydrogens is 254 g/mol. The second kappa shape index (κ2) is 5.35. The van der Waals surface area contributed by atoms with E-state index in [9.17, 15) is 4.79 Å². The Balaban J connectivity index is 1.93. The minimum absolute atomic E-state index is 0.355. The van der Waals surface area contributed by atoms with Crippen molar-refractivity contribution >= 4 is 11.5 Å². The molecule has 2 aliphatic heterocycles. The van der Waals surface area contributed by atoms with E-state index < -0.39 is 0 Å². The number of hydrogen-bond donors (Lipinski definition) is 0. The highest BCUT2D eigenvalue weighted by atomic mass is 16.5. The SMILES string of the molecule is COc1ccc(N2C3CCCC2CC(=O)C3)cc1OC. The first-order valence-electron chi connectivity index (χ1n) is 7.25. The summed E-state index contributed by atoms with van der Waals surface area (Å²) in [6.07, 6.45) is 4.81. The lowest BCUT2D eigenvalue weighted by atomic mass is 9.83. The van der Waals surface area contributed by atoms with E-state index in [1.807, 2.05) is 12.1 Å². The lowest BCUT2D eigenvalue weighted by Gasteiger charge is -2.47. The van der Waals surface area contributed by atoms with Gasteiger partial charge in [0.15, 0.2) is 11.5 Å². The predicted octanol–water partition coefficient (Wildman–Crippen LogP) is 2.79. The molecule has 0 radical (unpaired) electrons. The van der Waals surface area contributed by atoms with E-state index in [0.717, 1.165) is 30.0 Å². The van der Waals surface area contributed by atoms with Gasteiger partial charge in [0.25, 0.3) is 0 Å². The maximum Gasteiger partial charge on any atom is 0.162 e. The number of ketones is 1. The number of Topliss-reactive ketones (excluding diaryl/α,β-unsaturated/α-hetero) is 1. The van der Waals surface area contributed by atoms with Crippen LogP contribution in [0.4, 0.5) is 5.69 Å². The predicted molar refractivity (Wildman–Crippen MR) is 77.7 cm³/mol. The molecule has 2 unspecified atom stereocenters. The van der Waals surface area contributed by atoms with Crippen LogP contribution in [0.3, 0.4) is 0 Å². The maximum absolute atomic E-state index is 11.8. The molecule has 108 valence electrons. The molecule has 0 amide bonds. The molecule has 20 heavy (non-hydrogen) atoms. The molecule has 2 bridgehead atoms. The third-order valence-electron chi connectivity index (χ3n) is 4.45. The Labute approximate surface area is 119 Å². The van der Waals surface area contributed by atoms with Crippen LogP contribution in [0.1, 0.15) is 32.1 Å². The third-order valence-corrected chi connectivity index (χ3v) is 4.45. The summed E-state index contributed by atoms with van der Waals surface area (Å²) in [5, 5.41) is 0. The second-order valence-corrected chi connectivity index (χ2v) is 5.63. The van der Waals surface area contributed by atoms with Gasteiger partial charge >= 0.3 is 0 Å². The smallest absolute Gasteiger partial charge is 0.162 e. The third kappa shape index (κ3) is 2.23. The zero-order valence-electron chi connectivity index (χ0n) is 12.1. The van der Waals surface area contributed by atoms with Crippen LogP contribution in [0.25, 0.3) is 0 Å². The van der Waals surface area contributed by atoms with E-state index in [0.29, 0.717) is 30.7 Å². The largest absolute Gasteiger partial charge is 0.493 e. The van der Waals surface area contributed by atoms with Crippen LogP contribution in [-0.4, -0.2) is 32.1 Å². The van der Waals surface area contributed by atoms with Gasteiger partial charge in [-0.2, -0.15) is 0 Å². The summed E-state index contributed by atoms with van der Waals surface area (Å²) in [6.45, 7) is 0. The molecular formula is C16H21NO3. The zero-order chi connectivity index (χ0) is 14.1. The molecule has 2 heterocycles. The summed E-state index contributed by atoms with van der Waals surface area (Å²) in [5.74, 6) is 1.91. The molecule has 1 aromatic carbocycles. The molecule has 0 saturated carbocycles. The number of rotatable bonds is 3. The summed E-state index contributed by atoms with van der Waals surface area (Å²) in [6, 6.07) is 6.75. The molecule has 2 saturated heterocycles. The number of benzene rings is 1. The number of ether oxygens (including phenoxy) is 2. The molecule has 2 aliphatic rings. The number of carbonyl (C=O) groups is 1. The molecule has 1 aromatic rings. The maximum atomic E-state index is 11.8. The summed E-state index contributed by atoms with van der Waals surface area (Å²) in [4.78, 5) is 14.2. The van der Waals surface area contributed by atoms with Crippen LogP contribution in [0.5, 0.6) is 11.5 Å². The van der Waals surface area contributed by atoms with E-state index in [1.165, 1.54) is 6.42 Å². The molecule has 3 rings (SSSR count). The van der Waals surface area contributed by atoms with Crippen LogP contribution < -0.4 is 14.4 Å². The van der Waals surface area contributed by atoms with Gasteiger partial charge in [0.05, 0.1) is 14.2 Å². The van der Waals surface area contributed by atoms with E-state index in [1.54, 1.807) is 14.2 Å². The van der Waals surface area contributed by atoms with Crippen molar-refractivity contribution in [3.05, 3.63) is 18.2 Å². The van der Waals surface area contributed by atoms with Crippen molar-refractivity contribution in [2.75, 3.05) is 19.1 Å². The molecule has 0 N–H and O–H groups in total. The van der Waals surface area contributed by atoms with Crippen LogP contribution >= 0.6 is 0 Å². The zero-order valence-corrected chi connectivity index (χ0v) is 12.1. The van der Waals surface area contributed by atoms with Crippen LogP contribution in [0.2, 0.25) is 0 Å². The van der Waals surface area contributed by atoms with E-state index >= 15 is 0 Å². The first kappa shape index (κ1) is 13.3. The topological polar surface area (TPSA) is 38.8 Å². The van der Waals surface area contributed by atoms with Crippen molar-refractivity contribution in [2.45, 2.75) is 44.2 Å². The Kier molecular flexibility index (Phi) is 3.55. The van der Waals surface area contributed by atoms with E-state index in [-0.39, 0.29) is 0 Å². The molecule has 2 fully saturated rings. The number of nitrogens with zero attached hydrogens (tertiary/aromatic N) is 1. The van der Waals surface area contributed by atoms with Gasteiger partial charge in [0.2, 0.25) is 0 Å². The molecule has 4 nitrogen and oxygen atoms in total. The van der Waals surface area contributed by atoms with Gasteiger partial charge in [-0.1, -0.05) is 0 Å². The monoisotopic (exact) mass is 275 g/mol. The number of fused-ring (bicyclic) bond motifs is 2. The fourth-order valence-corrected chi connectivity index (χ4v) is 3.58. The number of piperidine rings is 2. The Morgan fingerprint density at radius 2 is 1.70 bits per heavy atom. The van der Waals surface area contributed by atoms with Gasteiger partial charge in [-0.25, -0.2) is 0 Å². The molecule has 0 aliphatic carbocycles. The van der Waals surface area contributed by atoms with Crippen molar-refractivity contribution in [1.82, 2.24) is 0 Å². The van der Waals surface area contributed by atoms with Crippen molar-refractivity contribution < 1.29 is 14.3 Å². The van der Waals surface area contributed by atoms with Crippen LogP contribution in [-0.2, 0) is 4.79 Å². The normalized spacial score (nSPS) is 25.5. The van der Waals surface area contributed by atoms with Gasteiger partial charge in [-0.3, -0.25) is 4.79 Å². The van der Waals surface area contributed by atoms with Gasteiger partial charge in [0, 0.05) is 36.7 Å². The van der Waals surface area contributed by atoms with E-state index in [4.69, 9.17) is 9.47 Å². The quantitative estimate of drug-likeness (QED) is 0.850. The standard InChI is InChI=1S/C16H21NO3/c1-19-15-7-6-13(10-16(15)20-2)17-11-4-3-5-12(17)9-14(18)8-11/h6-7,10-12H,3-5,8-9H2,1-2H3. The number of hydrogen-bond acceptors (Lipinski definition) is 4. The van der Waals surface area contributed by atoms with Gasteiger partial charge in [-0.05, 0) is 31.4 Å². The van der Waals surface area contributed by atoms with Crippen LogP contribution in [0.15, 0.2) is 18.2 Å². The van der Waals surface area contributed by atoms with Crippen molar-refractivity contribution in [3.63, 3.8) is 0 Å². The lowest BCUT2D eigenvalue weighted by molar-refractivity contribution is -0.121. The van der Waals surface area contributed by atoms with Crippen molar-refractivity contribution in [1.29, 1.82) is 0 Å². The fraction of sp³-hybridized carbons (Fsp3) is 0.562. The van der Waals surface area contributed by atoms with Crippen LogP contribution in [0, 0.1) is 0 Å². The Hall–Kier alpha value is -1.71. The number of carbonyl (C=O) groups excluding carboxylic acids is 1. The minimum atomic E-state index is 0.355. The number of anilines is 1. The molecule has 0 aromatic heterocycles. The first-order valence-corrected chi connectivity index (χ1v) is 7.25. The number of methoxy groups -OCH3 is 2. The highest BCUT2D eigenvalue weighted by Gasteiger charge is 2.37. The van der Waals surface area contributed by atoms with Gasteiger partial charge in [-0.15, -0.1) is 0 Å². The van der Waals surface area contributed by atoms with E-state index in [2.05, 4.69) is 11.0 Å². The second-order valence-electron chi connectivity index (χ2n) is 5.63. The summed E-state index contributed by atoms with van der Waals surface area (Å²) in [5.41, 5.74) is 1.14. The van der Waals surface area contributed by atoms with Crippen molar-refractivity contribution in [3.8, 4) is 11.5 Å². The highest BCUT2D eigenvalue weighted by Crippen LogP contribution is 2.39. The average Bonchev–Trinajstić information content (AvgIpc) is 2.45. The highest BCUT2D eigenvalue weighted by molar-refractivity contribution is 5.83. The Morgan fingerprint density at radius 3 is 2.30 bits per heavy atom. The Bertz CT molecular complexity index is 498. The molecule has 0 spiro atoms. The fourth-order valence-electron chi connectivity index (χ4n) is 3.58. The van der Waals surface area contributed by atoms with Gasteiger partial charge in [0.1, 0.15) is 5.78 Å². The summed E-state index contributed by atoms with van der Waals surface area (Å²) in [7, 11) is 3.30.